The first-order valence-electron chi connectivity index (χ1n) is 5.99. The van der Waals surface area contributed by atoms with Crippen LogP contribution in [0.4, 0.5) is 0 Å². The van der Waals surface area contributed by atoms with Crippen molar-refractivity contribution in [3.05, 3.63) is 59.9 Å². The second-order valence-corrected chi connectivity index (χ2v) is 4.10. The Balaban J connectivity index is 2.38. The number of pyridine rings is 1. The van der Waals surface area contributed by atoms with Crippen LogP contribution in [-0.2, 0) is 4.79 Å². The van der Waals surface area contributed by atoms with Crippen LogP contribution < -0.4 is 4.74 Å². The van der Waals surface area contributed by atoms with Gasteiger partial charge in [-0.2, -0.15) is 0 Å². The molecule has 19 heavy (non-hydrogen) atoms. The SMILES string of the molecule is COc1ccc(C=C(C(C)=O)c2ccccn2)cc1. The summed E-state index contributed by atoms with van der Waals surface area (Å²) in [5.41, 5.74) is 2.23. The van der Waals surface area contributed by atoms with Crippen molar-refractivity contribution in [1.82, 2.24) is 4.98 Å². The molecule has 0 aliphatic carbocycles. The fourth-order valence-electron chi connectivity index (χ4n) is 1.74. The Morgan fingerprint density at radius 1 is 1.16 bits per heavy atom. The van der Waals surface area contributed by atoms with Crippen molar-refractivity contribution >= 4 is 17.4 Å². The Hall–Kier alpha value is -2.42. The van der Waals surface area contributed by atoms with E-state index < -0.39 is 0 Å². The third-order valence-corrected chi connectivity index (χ3v) is 2.75. The van der Waals surface area contributed by atoms with Crippen molar-refractivity contribution in [3.63, 3.8) is 0 Å². The molecule has 0 spiro atoms. The zero-order chi connectivity index (χ0) is 13.7. The lowest BCUT2D eigenvalue weighted by atomic mass is 10.0. The molecule has 0 saturated carbocycles. The topological polar surface area (TPSA) is 39.2 Å². The molecule has 0 radical (unpaired) electrons. The Bertz CT molecular complexity index is 586. The predicted octanol–water partition coefficient (Wildman–Crippen LogP) is 3.22. The van der Waals surface area contributed by atoms with Gasteiger partial charge >= 0.3 is 0 Å². The molecular formula is C16H15NO2. The van der Waals surface area contributed by atoms with Gasteiger partial charge in [0.25, 0.3) is 0 Å². The lowest BCUT2D eigenvalue weighted by Crippen LogP contribution is -1.98. The number of hydrogen-bond donors (Lipinski definition) is 0. The van der Waals surface area contributed by atoms with Gasteiger partial charge in [-0.15, -0.1) is 0 Å². The Kier molecular flexibility index (Phi) is 4.08. The average molecular weight is 253 g/mol. The summed E-state index contributed by atoms with van der Waals surface area (Å²) in [7, 11) is 1.62. The maximum absolute atomic E-state index is 11.7. The predicted molar refractivity (Wildman–Crippen MR) is 75.8 cm³/mol. The van der Waals surface area contributed by atoms with Gasteiger partial charge in [0.15, 0.2) is 5.78 Å². The first-order chi connectivity index (χ1) is 9.20. The van der Waals surface area contributed by atoms with Gasteiger partial charge in [0.2, 0.25) is 0 Å². The lowest BCUT2D eigenvalue weighted by molar-refractivity contribution is -0.111. The first kappa shape index (κ1) is 13.0. The number of ketones is 1. The molecular weight excluding hydrogens is 238 g/mol. The summed E-state index contributed by atoms with van der Waals surface area (Å²) < 4.78 is 5.11. The Labute approximate surface area is 112 Å². The first-order valence-corrected chi connectivity index (χ1v) is 5.99. The second-order valence-electron chi connectivity index (χ2n) is 4.10. The highest BCUT2D eigenvalue weighted by Crippen LogP contribution is 2.19. The smallest absolute Gasteiger partial charge is 0.161 e. The highest BCUT2D eigenvalue weighted by atomic mass is 16.5. The summed E-state index contributed by atoms with van der Waals surface area (Å²) in [6, 6.07) is 13.1. The summed E-state index contributed by atoms with van der Waals surface area (Å²) in [5.74, 6) is 0.786. The minimum atomic E-state index is -0.00508. The summed E-state index contributed by atoms with van der Waals surface area (Å²) in [6.45, 7) is 1.55. The number of benzene rings is 1. The van der Waals surface area contributed by atoms with Crippen molar-refractivity contribution < 1.29 is 9.53 Å². The molecule has 0 fully saturated rings. The number of ether oxygens (including phenoxy) is 1. The van der Waals surface area contributed by atoms with Crippen molar-refractivity contribution in [2.45, 2.75) is 6.92 Å². The van der Waals surface area contributed by atoms with Crippen molar-refractivity contribution in [3.8, 4) is 5.75 Å². The number of methoxy groups -OCH3 is 1. The number of carbonyl (C=O) groups excluding carboxylic acids is 1. The van der Waals surface area contributed by atoms with Gasteiger partial charge in [-0.3, -0.25) is 9.78 Å². The van der Waals surface area contributed by atoms with Gasteiger partial charge < -0.3 is 4.74 Å². The minimum Gasteiger partial charge on any atom is -0.497 e. The molecule has 1 aromatic heterocycles. The molecule has 2 aromatic rings. The average Bonchev–Trinajstić information content (AvgIpc) is 2.46. The van der Waals surface area contributed by atoms with Crippen LogP contribution in [0.2, 0.25) is 0 Å². The number of aromatic nitrogens is 1. The van der Waals surface area contributed by atoms with E-state index in [1.165, 1.54) is 0 Å². The third-order valence-electron chi connectivity index (χ3n) is 2.75. The summed E-state index contributed by atoms with van der Waals surface area (Å²) in [4.78, 5) is 16.0. The molecule has 1 heterocycles. The molecule has 0 aliphatic heterocycles. The molecule has 2 rings (SSSR count). The van der Waals surface area contributed by atoms with Gasteiger partial charge in [-0.05, 0) is 42.8 Å². The number of rotatable bonds is 4. The summed E-state index contributed by atoms with van der Waals surface area (Å²) >= 11 is 0. The van der Waals surface area contributed by atoms with Crippen LogP contribution in [0, 0.1) is 0 Å². The van der Waals surface area contributed by atoms with E-state index in [1.807, 2.05) is 48.5 Å². The molecule has 0 atom stereocenters. The van der Waals surface area contributed by atoms with E-state index in [9.17, 15) is 4.79 Å². The lowest BCUT2D eigenvalue weighted by Gasteiger charge is -2.04. The van der Waals surface area contributed by atoms with E-state index in [1.54, 1.807) is 20.2 Å². The molecule has 0 bridgehead atoms. The zero-order valence-corrected chi connectivity index (χ0v) is 11.0. The highest BCUT2D eigenvalue weighted by molar-refractivity contribution is 6.23. The van der Waals surface area contributed by atoms with Crippen molar-refractivity contribution in [1.29, 1.82) is 0 Å². The molecule has 0 amide bonds. The fourth-order valence-corrected chi connectivity index (χ4v) is 1.74. The Morgan fingerprint density at radius 2 is 1.89 bits per heavy atom. The number of carbonyl (C=O) groups is 1. The summed E-state index contributed by atoms with van der Waals surface area (Å²) in [5, 5.41) is 0. The number of hydrogen-bond acceptors (Lipinski definition) is 3. The monoisotopic (exact) mass is 253 g/mol. The van der Waals surface area contributed by atoms with Gasteiger partial charge in [-0.1, -0.05) is 18.2 Å². The second kappa shape index (κ2) is 5.96. The minimum absolute atomic E-state index is 0.00508. The number of nitrogens with zero attached hydrogens (tertiary/aromatic N) is 1. The number of Topliss-reactive ketones (excluding diaryl/α,β-unsaturated/α-hetero) is 1. The van der Waals surface area contributed by atoms with E-state index in [-0.39, 0.29) is 5.78 Å². The van der Waals surface area contributed by atoms with Crippen molar-refractivity contribution in [2.24, 2.45) is 0 Å². The molecule has 3 heteroatoms. The highest BCUT2D eigenvalue weighted by Gasteiger charge is 2.08. The molecule has 0 unspecified atom stereocenters. The summed E-state index contributed by atoms with van der Waals surface area (Å²) in [6.07, 6.45) is 3.52. The molecule has 1 aromatic carbocycles. The quantitative estimate of drug-likeness (QED) is 0.785. The van der Waals surface area contributed by atoms with Crippen LogP contribution in [0.5, 0.6) is 5.75 Å². The molecule has 0 saturated heterocycles. The molecule has 96 valence electrons. The van der Waals surface area contributed by atoms with Crippen LogP contribution in [0.15, 0.2) is 48.7 Å². The van der Waals surface area contributed by atoms with Gasteiger partial charge in [0.1, 0.15) is 5.75 Å². The van der Waals surface area contributed by atoms with E-state index in [2.05, 4.69) is 4.98 Å². The van der Waals surface area contributed by atoms with Gasteiger partial charge in [-0.25, -0.2) is 0 Å². The van der Waals surface area contributed by atoms with Crippen LogP contribution in [0.3, 0.4) is 0 Å². The fraction of sp³-hybridized carbons (Fsp3) is 0.125. The normalized spacial score (nSPS) is 11.2. The zero-order valence-electron chi connectivity index (χ0n) is 11.0. The van der Waals surface area contributed by atoms with E-state index in [0.717, 1.165) is 11.3 Å². The molecule has 3 nitrogen and oxygen atoms in total. The molecule has 0 N–H and O–H groups in total. The Morgan fingerprint density at radius 3 is 2.42 bits per heavy atom. The van der Waals surface area contributed by atoms with E-state index in [0.29, 0.717) is 11.3 Å². The van der Waals surface area contributed by atoms with Crippen LogP contribution in [-0.4, -0.2) is 17.9 Å². The maximum Gasteiger partial charge on any atom is 0.161 e. The van der Waals surface area contributed by atoms with Crippen LogP contribution in [0.25, 0.3) is 11.6 Å². The van der Waals surface area contributed by atoms with E-state index in [4.69, 9.17) is 4.74 Å². The van der Waals surface area contributed by atoms with Gasteiger partial charge in [0, 0.05) is 11.8 Å². The molecule has 0 aliphatic rings. The van der Waals surface area contributed by atoms with Crippen LogP contribution in [0.1, 0.15) is 18.2 Å². The van der Waals surface area contributed by atoms with Crippen molar-refractivity contribution in [2.75, 3.05) is 7.11 Å². The third kappa shape index (κ3) is 3.28. The largest absolute Gasteiger partial charge is 0.497 e. The van der Waals surface area contributed by atoms with E-state index >= 15 is 0 Å². The number of allylic oxidation sites excluding steroid dienone is 1. The van der Waals surface area contributed by atoms with Crippen LogP contribution >= 0.6 is 0 Å². The van der Waals surface area contributed by atoms with Gasteiger partial charge in [0.05, 0.1) is 12.8 Å². The standard InChI is InChI=1S/C16H15NO2/c1-12(18)15(16-5-3-4-10-17-16)11-13-6-8-14(19-2)9-7-13/h3-11H,1-2H3. The maximum atomic E-state index is 11.7.